The highest BCUT2D eigenvalue weighted by atomic mass is 32.2. The van der Waals surface area contributed by atoms with Gasteiger partial charge in [-0.1, -0.05) is 24.3 Å². The highest BCUT2D eigenvalue weighted by Gasteiger charge is 2.46. The Labute approximate surface area is 445 Å². The van der Waals surface area contributed by atoms with E-state index >= 15 is 0 Å². The van der Waals surface area contributed by atoms with Crippen LogP contribution in [0.3, 0.4) is 0 Å². The van der Waals surface area contributed by atoms with Crippen LogP contribution in [0.1, 0.15) is 105 Å². The summed E-state index contributed by atoms with van der Waals surface area (Å²) in [6.07, 6.45) is 9.52. The SMILES string of the molecule is CN[C@@H](C)C(=O)N[C@H]1CN(C(=O)c2cnc(N3CCN(CCCOc4cc5ncnc(Nc6n[nH]c(C)c6C)c5cc4N(S(=O)O)C(C)(C)C)CC3)cn2)CCC2CC[C@@H](C(=O)N[C@H]3CCCc4ccccc43)N2C1=O. The number of aromatic nitrogens is 6. The number of nitrogens with one attached hydrogen (secondary N) is 5. The molecular weight excluding hydrogens is 991 g/mol. The first-order valence-corrected chi connectivity index (χ1v) is 27.4. The third-order valence-corrected chi connectivity index (χ3v) is 16.3. The molecule has 406 valence electrons. The van der Waals surface area contributed by atoms with E-state index in [-0.39, 0.29) is 42.0 Å². The molecule has 23 heteroatoms. The molecule has 5 aromatic rings. The molecule has 3 saturated heterocycles. The van der Waals surface area contributed by atoms with Crippen molar-refractivity contribution in [3.05, 3.63) is 83.2 Å². The minimum absolute atomic E-state index is 0.0909. The average molecular weight is 1060 g/mol. The molecular formula is C53H71N15O7S. The number of aryl methyl sites for hydroxylation is 2. The van der Waals surface area contributed by atoms with Gasteiger partial charge in [0.1, 0.15) is 41.5 Å². The van der Waals surface area contributed by atoms with Crippen molar-refractivity contribution in [3.63, 3.8) is 0 Å². The third-order valence-electron chi connectivity index (χ3n) is 15.2. The number of amides is 4. The molecule has 1 aliphatic carbocycles. The molecule has 3 aliphatic heterocycles. The molecule has 4 aliphatic rings. The van der Waals surface area contributed by atoms with Gasteiger partial charge >= 0.3 is 0 Å². The number of hydrogen-bond donors (Lipinski definition) is 6. The molecule has 76 heavy (non-hydrogen) atoms. The van der Waals surface area contributed by atoms with E-state index in [1.54, 1.807) is 42.1 Å². The van der Waals surface area contributed by atoms with Crippen LogP contribution in [0.25, 0.3) is 10.9 Å². The maximum Gasteiger partial charge on any atom is 0.274 e. The van der Waals surface area contributed by atoms with Gasteiger partial charge in [-0.05, 0) is 111 Å². The smallest absolute Gasteiger partial charge is 0.274 e. The number of aromatic amines is 1. The zero-order chi connectivity index (χ0) is 53.8. The molecule has 6 N–H and O–H groups in total. The van der Waals surface area contributed by atoms with Gasteiger partial charge in [0.25, 0.3) is 17.2 Å². The number of benzene rings is 2. The van der Waals surface area contributed by atoms with E-state index < -0.39 is 40.8 Å². The van der Waals surface area contributed by atoms with Gasteiger partial charge < -0.3 is 40.7 Å². The van der Waals surface area contributed by atoms with E-state index in [2.05, 4.69) is 73.3 Å². The second-order valence-electron chi connectivity index (χ2n) is 21.2. The van der Waals surface area contributed by atoms with Crippen LogP contribution in [0.15, 0.2) is 55.1 Å². The number of hydrogen-bond acceptors (Lipinski definition) is 15. The van der Waals surface area contributed by atoms with Crippen LogP contribution in [0.5, 0.6) is 5.75 Å². The summed E-state index contributed by atoms with van der Waals surface area (Å²) < 4.78 is 31.3. The summed E-state index contributed by atoms with van der Waals surface area (Å²) in [5, 5.41) is 20.4. The van der Waals surface area contributed by atoms with Gasteiger partial charge in [-0.2, -0.15) is 5.10 Å². The first kappa shape index (κ1) is 54.0. The van der Waals surface area contributed by atoms with Crippen LogP contribution in [0.4, 0.5) is 23.1 Å². The minimum Gasteiger partial charge on any atom is -0.491 e. The van der Waals surface area contributed by atoms with Crippen molar-refractivity contribution in [1.82, 2.24) is 60.8 Å². The fraction of sp³-hybridized carbons (Fsp3) is 0.528. The molecule has 3 aromatic heterocycles. The molecule has 6 heterocycles. The molecule has 0 saturated carbocycles. The van der Waals surface area contributed by atoms with E-state index in [4.69, 9.17) is 4.74 Å². The highest BCUT2D eigenvalue weighted by Crippen LogP contribution is 2.40. The highest BCUT2D eigenvalue weighted by molar-refractivity contribution is 7.80. The minimum atomic E-state index is -2.38. The Morgan fingerprint density at radius 3 is 2.45 bits per heavy atom. The summed E-state index contributed by atoms with van der Waals surface area (Å²) in [4.78, 5) is 82.2. The van der Waals surface area contributed by atoms with Crippen molar-refractivity contribution in [1.29, 1.82) is 0 Å². The largest absolute Gasteiger partial charge is 0.491 e. The van der Waals surface area contributed by atoms with Gasteiger partial charge in [0.15, 0.2) is 5.82 Å². The number of carbonyl (C=O) groups excluding carboxylic acids is 4. The summed E-state index contributed by atoms with van der Waals surface area (Å²) in [5.74, 6) is 0.822. The summed E-state index contributed by atoms with van der Waals surface area (Å²) in [6, 6.07) is 8.92. The Morgan fingerprint density at radius 1 is 0.947 bits per heavy atom. The number of rotatable bonds is 16. The molecule has 3 fully saturated rings. The van der Waals surface area contributed by atoms with E-state index in [0.717, 1.165) is 55.7 Å². The maximum atomic E-state index is 14.6. The quantitative estimate of drug-likeness (QED) is 0.0594. The number of likely N-dealkylation sites (N-methyl/N-ethyl adjacent to an activating group) is 1. The van der Waals surface area contributed by atoms with Crippen molar-refractivity contribution in [2.75, 3.05) is 74.0 Å². The number of fused-ring (bicyclic) bond motifs is 3. The topological polar surface area (TPSA) is 259 Å². The number of piperazine rings is 1. The van der Waals surface area contributed by atoms with E-state index in [1.165, 1.54) is 22.4 Å². The van der Waals surface area contributed by atoms with Crippen LogP contribution in [0.2, 0.25) is 0 Å². The van der Waals surface area contributed by atoms with Crippen LogP contribution in [-0.2, 0) is 32.1 Å². The van der Waals surface area contributed by atoms with Crippen LogP contribution < -0.4 is 35.2 Å². The maximum absolute atomic E-state index is 14.6. The number of ether oxygens (including phenoxy) is 1. The molecule has 6 atom stereocenters. The predicted molar refractivity (Wildman–Crippen MR) is 290 cm³/mol. The van der Waals surface area contributed by atoms with E-state index in [0.29, 0.717) is 91.7 Å². The number of anilines is 4. The summed E-state index contributed by atoms with van der Waals surface area (Å²) in [5.41, 5.74) is 4.62. The Balaban J connectivity index is 0.806. The summed E-state index contributed by atoms with van der Waals surface area (Å²) >= 11 is -2.38. The van der Waals surface area contributed by atoms with Crippen molar-refractivity contribution in [3.8, 4) is 5.75 Å². The second kappa shape index (κ2) is 23.2. The molecule has 9 rings (SSSR count). The van der Waals surface area contributed by atoms with Gasteiger partial charge in [0.2, 0.25) is 17.7 Å². The monoisotopic (exact) mass is 1060 g/mol. The zero-order valence-corrected chi connectivity index (χ0v) is 45.3. The number of carbonyl (C=O) groups is 4. The Kier molecular flexibility index (Phi) is 16.5. The normalized spacial score (nSPS) is 21.0. The molecule has 0 radical (unpaired) electrons. The zero-order valence-electron chi connectivity index (χ0n) is 44.5. The first-order chi connectivity index (χ1) is 36.5. The van der Waals surface area contributed by atoms with Gasteiger partial charge in [-0.3, -0.25) is 38.0 Å². The van der Waals surface area contributed by atoms with Gasteiger partial charge in [0.05, 0.1) is 48.8 Å². The molecule has 2 aromatic carbocycles. The fourth-order valence-electron chi connectivity index (χ4n) is 10.8. The standard InChI is InChI=1S/C53H71N15O7S/c1-32-33(2)62-63-47(32)61-48-38-26-44(68(76(73)74)53(4,5)6)45(27-40(38)57-31-58-48)75-25-11-19-64-21-23-65(24-22-64)46-29-55-41(28-56-46)51(71)66-20-18-36-16-17-43(67(36)52(72)42(30-66)60-49(69)34(3)54-7)50(70)59-39-15-10-13-35-12-8-9-14-37(35)39/h8-9,12,14,26-29,31,34,36,39,42-43,54H,10-11,13,15-25,30H2,1-7H3,(H,59,70)(H,60,69)(H,73,74)(H2,57,58,61,62,63)/t34-,36?,39-,42-,43-/m0/s1. The van der Waals surface area contributed by atoms with Crippen molar-refractivity contribution >= 4 is 68.9 Å². The third kappa shape index (κ3) is 11.8. The first-order valence-electron chi connectivity index (χ1n) is 26.4. The van der Waals surface area contributed by atoms with Crippen molar-refractivity contribution in [2.45, 2.75) is 122 Å². The van der Waals surface area contributed by atoms with E-state index in [9.17, 15) is 27.9 Å². The van der Waals surface area contributed by atoms with Gasteiger partial charge in [0, 0.05) is 73.6 Å². The van der Waals surface area contributed by atoms with Crippen LogP contribution >= 0.6 is 0 Å². The Morgan fingerprint density at radius 2 is 1.74 bits per heavy atom. The lowest BCUT2D eigenvalue weighted by Gasteiger charge is -2.39. The lowest BCUT2D eigenvalue weighted by molar-refractivity contribution is -0.145. The second-order valence-corrected chi connectivity index (χ2v) is 22.1. The fourth-order valence-corrected chi connectivity index (χ4v) is 11.6. The molecule has 0 bridgehead atoms. The molecule has 4 amide bonds. The molecule has 22 nitrogen and oxygen atoms in total. The van der Waals surface area contributed by atoms with Crippen LogP contribution in [-0.4, -0.2) is 166 Å². The van der Waals surface area contributed by atoms with Crippen molar-refractivity contribution < 1.29 is 32.7 Å². The number of H-pyrrole nitrogens is 1. The van der Waals surface area contributed by atoms with Crippen LogP contribution in [0, 0.1) is 13.8 Å². The summed E-state index contributed by atoms with van der Waals surface area (Å²) in [7, 11) is 1.66. The lowest BCUT2D eigenvalue weighted by atomic mass is 9.87. The Hall–Kier alpha value is -6.82. The average Bonchev–Trinajstić information content (AvgIpc) is 3.98. The van der Waals surface area contributed by atoms with E-state index in [1.807, 2.05) is 46.8 Å². The number of nitrogens with zero attached hydrogens (tertiary/aromatic N) is 10. The lowest BCUT2D eigenvalue weighted by Crippen LogP contribution is -2.62. The Bertz CT molecular complexity index is 2940. The molecule has 0 spiro atoms. The van der Waals surface area contributed by atoms with Gasteiger partial charge in [-0.15, -0.1) is 0 Å². The van der Waals surface area contributed by atoms with Crippen molar-refractivity contribution in [2.24, 2.45) is 0 Å². The predicted octanol–water partition coefficient (Wildman–Crippen LogP) is 4.33. The van der Waals surface area contributed by atoms with Gasteiger partial charge in [-0.25, -0.2) is 24.1 Å². The molecule has 2 unspecified atom stereocenters. The summed E-state index contributed by atoms with van der Waals surface area (Å²) in [6.45, 7) is 15.3.